The van der Waals surface area contributed by atoms with Gasteiger partial charge in [-0.15, -0.1) is 0 Å². The zero-order valence-corrected chi connectivity index (χ0v) is 18.4. The maximum Gasteiger partial charge on any atom is 0.272 e. The van der Waals surface area contributed by atoms with Crippen LogP contribution in [0.5, 0.6) is 11.6 Å². The van der Waals surface area contributed by atoms with Crippen molar-refractivity contribution in [2.45, 2.75) is 13.5 Å². The van der Waals surface area contributed by atoms with Crippen LogP contribution in [-0.4, -0.2) is 45.0 Å². The fourth-order valence-corrected chi connectivity index (χ4v) is 3.19. The molecule has 0 aliphatic heterocycles. The molecular weight excluding hydrogens is 420 g/mol. The Kier molecular flexibility index (Phi) is 6.49. The molecule has 0 saturated carbocycles. The van der Waals surface area contributed by atoms with Gasteiger partial charge in [0, 0.05) is 24.2 Å². The predicted octanol–water partition coefficient (Wildman–Crippen LogP) is 3.25. The van der Waals surface area contributed by atoms with Crippen molar-refractivity contribution in [3.8, 4) is 34.3 Å². The van der Waals surface area contributed by atoms with Crippen LogP contribution in [0.25, 0.3) is 22.6 Å². The molecule has 4 aromatic rings. The van der Waals surface area contributed by atoms with E-state index in [2.05, 4.69) is 30.2 Å². The normalized spacial score (nSPS) is 10.5. The number of amides is 1. The molecular formula is C24H22N6O3. The molecule has 4 rings (SSSR count). The lowest BCUT2D eigenvalue weighted by molar-refractivity contribution is 0.0945. The van der Waals surface area contributed by atoms with Gasteiger partial charge in [-0.2, -0.15) is 0 Å². The second-order valence-electron chi connectivity index (χ2n) is 7.12. The van der Waals surface area contributed by atoms with Gasteiger partial charge in [0.1, 0.15) is 5.69 Å². The Labute approximate surface area is 190 Å². The van der Waals surface area contributed by atoms with Crippen molar-refractivity contribution in [3.63, 3.8) is 0 Å². The van der Waals surface area contributed by atoms with Gasteiger partial charge in [-0.25, -0.2) is 15.0 Å². The van der Waals surface area contributed by atoms with Gasteiger partial charge in [-0.1, -0.05) is 6.07 Å². The Hall–Kier alpha value is -4.40. The minimum Gasteiger partial charge on any atom is -0.491 e. The number of methoxy groups -OCH3 is 2. The van der Waals surface area contributed by atoms with Gasteiger partial charge in [-0.05, 0) is 42.8 Å². The number of ether oxygens (including phenoxy) is 2. The van der Waals surface area contributed by atoms with Crippen molar-refractivity contribution in [2.24, 2.45) is 0 Å². The van der Waals surface area contributed by atoms with Gasteiger partial charge >= 0.3 is 0 Å². The minimum atomic E-state index is -0.401. The predicted molar refractivity (Wildman–Crippen MR) is 122 cm³/mol. The van der Waals surface area contributed by atoms with Crippen molar-refractivity contribution in [3.05, 3.63) is 78.1 Å². The zero-order chi connectivity index (χ0) is 23.2. The number of nitrogens with one attached hydrogen (secondary N) is 1. The lowest BCUT2D eigenvalue weighted by atomic mass is 10.1. The maximum absolute atomic E-state index is 13.2. The van der Waals surface area contributed by atoms with E-state index in [1.807, 2.05) is 19.1 Å². The minimum absolute atomic E-state index is 0.160. The molecule has 0 aromatic carbocycles. The van der Waals surface area contributed by atoms with Crippen LogP contribution in [0.2, 0.25) is 0 Å². The molecule has 9 nitrogen and oxygen atoms in total. The molecule has 0 unspecified atom stereocenters. The van der Waals surface area contributed by atoms with Crippen molar-refractivity contribution < 1.29 is 14.3 Å². The van der Waals surface area contributed by atoms with E-state index in [0.29, 0.717) is 34.4 Å². The SMILES string of the molecule is COc1ccc(CNC(=O)c2nc(-c3cncc(C)c3)cnc2-c2ccccn2)nc1OC. The number of aromatic nitrogens is 5. The summed E-state index contributed by atoms with van der Waals surface area (Å²) in [6.45, 7) is 2.11. The number of rotatable bonds is 7. The van der Waals surface area contributed by atoms with Gasteiger partial charge < -0.3 is 14.8 Å². The highest BCUT2D eigenvalue weighted by molar-refractivity contribution is 5.98. The molecule has 4 aromatic heterocycles. The van der Waals surface area contributed by atoms with Crippen molar-refractivity contribution in [1.29, 1.82) is 0 Å². The summed E-state index contributed by atoms with van der Waals surface area (Å²) in [4.78, 5) is 35.2. The lowest BCUT2D eigenvalue weighted by Crippen LogP contribution is -2.25. The zero-order valence-electron chi connectivity index (χ0n) is 18.4. The highest BCUT2D eigenvalue weighted by Crippen LogP contribution is 2.25. The summed E-state index contributed by atoms with van der Waals surface area (Å²) in [5.74, 6) is 0.449. The molecule has 9 heteroatoms. The fourth-order valence-electron chi connectivity index (χ4n) is 3.19. The largest absolute Gasteiger partial charge is 0.491 e. The van der Waals surface area contributed by atoms with Crippen LogP contribution < -0.4 is 14.8 Å². The van der Waals surface area contributed by atoms with E-state index in [0.717, 1.165) is 11.1 Å². The van der Waals surface area contributed by atoms with Crippen LogP contribution in [0.4, 0.5) is 0 Å². The van der Waals surface area contributed by atoms with E-state index in [4.69, 9.17) is 9.47 Å². The summed E-state index contributed by atoms with van der Waals surface area (Å²) in [5, 5.41) is 2.86. The quantitative estimate of drug-likeness (QED) is 0.464. The van der Waals surface area contributed by atoms with Crippen LogP contribution in [0.3, 0.4) is 0 Å². The summed E-state index contributed by atoms with van der Waals surface area (Å²) >= 11 is 0. The van der Waals surface area contributed by atoms with Crippen LogP contribution in [-0.2, 0) is 6.54 Å². The molecule has 0 fully saturated rings. The molecule has 166 valence electrons. The first kappa shape index (κ1) is 21.8. The molecule has 0 radical (unpaired) electrons. The number of hydrogen-bond acceptors (Lipinski definition) is 8. The van der Waals surface area contributed by atoms with Gasteiger partial charge in [0.15, 0.2) is 11.4 Å². The van der Waals surface area contributed by atoms with Gasteiger partial charge in [-0.3, -0.25) is 14.8 Å². The molecule has 1 amide bonds. The Morgan fingerprint density at radius 2 is 1.85 bits per heavy atom. The molecule has 0 atom stereocenters. The van der Waals surface area contributed by atoms with E-state index in [1.165, 1.54) is 14.2 Å². The molecule has 1 N–H and O–H groups in total. The number of hydrogen-bond donors (Lipinski definition) is 1. The standard InChI is InChI=1S/C24H22N6O3/c1-15-10-16(12-25-11-15)19-14-27-21(18-6-4-5-9-26-18)22(30-19)23(31)28-13-17-7-8-20(32-2)24(29-17)33-3/h4-12,14H,13H2,1-3H3,(H,28,31). The molecule has 0 saturated heterocycles. The van der Waals surface area contributed by atoms with Crippen LogP contribution in [0.15, 0.2) is 61.2 Å². The molecule has 0 bridgehead atoms. The molecule has 4 heterocycles. The van der Waals surface area contributed by atoms with Crippen LogP contribution >= 0.6 is 0 Å². The highest BCUT2D eigenvalue weighted by atomic mass is 16.5. The number of carbonyl (C=O) groups is 1. The average Bonchev–Trinajstić information content (AvgIpc) is 2.87. The summed E-state index contributed by atoms with van der Waals surface area (Å²) in [6.07, 6.45) is 6.70. The van der Waals surface area contributed by atoms with Crippen molar-refractivity contribution in [1.82, 2.24) is 30.2 Å². The number of aryl methyl sites for hydroxylation is 1. The van der Waals surface area contributed by atoms with Gasteiger partial charge in [0.25, 0.3) is 11.8 Å². The van der Waals surface area contributed by atoms with Crippen molar-refractivity contribution >= 4 is 5.91 Å². The average molecular weight is 442 g/mol. The third-order valence-corrected chi connectivity index (χ3v) is 4.79. The fraction of sp³-hybridized carbons (Fsp3) is 0.167. The van der Waals surface area contributed by atoms with E-state index < -0.39 is 5.91 Å². The number of nitrogens with zero attached hydrogens (tertiary/aromatic N) is 5. The first-order valence-corrected chi connectivity index (χ1v) is 10.2. The Morgan fingerprint density at radius 3 is 2.58 bits per heavy atom. The monoisotopic (exact) mass is 442 g/mol. The number of pyridine rings is 3. The van der Waals surface area contributed by atoms with Crippen molar-refractivity contribution in [2.75, 3.05) is 14.2 Å². The summed E-state index contributed by atoms with van der Waals surface area (Å²) in [5.41, 5.74) is 3.99. The Balaban J connectivity index is 1.66. The maximum atomic E-state index is 13.2. The smallest absolute Gasteiger partial charge is 0.272 e. The van der Waals surface area contributed by atoms with Gasteiger partial charge in [0.05, 0.1) is 44.0 Å². The summed E-state index contributed by atoms with van der Waals surface area (Å²) < 4.78 is 10.4. The first-order chi connectivity index (χ1) is 16.1. The molecule has 0 aliphatic rings. The second kappa shape index (κ2) is 9.82. The summed E-state index contributed by atoms with van der Waals surface area (Å²) in [6, 6.07) is 10.8. The Morgan fingerprint density at radius 1 is 0.970 bits per heavy atom. The topological polar surface area (TPSA) is 112 Å². The summed E-state index contributed by atoms with van der Waals surface area (Å²) in [7, 11) is 3.04. The van der Waals surface area contributed by atoms with E-state index >= 15 is 0 Å². The lowest BCUT2D eigenvalue weighted by Gasteiger charge is -2.12. The van der Waals surface area contributed by atoms with Crippen LogP contribution in [0.1, 0.15) is 21.7 Å². The third-order valence-electron chi connectivity index (χ3n) is 4.79. The first-order valence-electron chi connectivity index (χ1n) is 10.2. The second-order valence-corrected chi connectivity index (χ2v) is 7.12. The molecule has 0 spiro atoms. The van der Waals surface area contributed by atoms with Gasteiger partial charge in [0.2, 0.25) is 0 Å². The highest BCUT2D eigenvalue weighted by Gasteiger charge is 2.19. The molecule has 0 aliphatic carbocycles. The number of carbonyl (C=O) groups excluding carboxylic acids is 1. The van der Waals surface area contributed by atoms with E-state index in [-0.39, 0.29) is 12.2 Å². The van der Waals surface area contributed by atoms with E-state index in [1.54, 1.807) is 49.1 Å². The molecule has 33 heavy (non-hydrogen) atoms. The Bertz CT molecular complexity index is 1280. The third kappa shape index (κ3) is 4.93. The van der Waals surface area contributed by atoms with E-state index in [9.17, 15) is 4.79 Å². The van der Waals surface area contributed by atoms with Crippen LogP contribution in [0, 0.1) is 6.92 Å².